The van der Waals surface area contributed by atoms with Crippen molar-refractivity contribution in [2.75, 3.05) is 13.1 Å². The second kappa shape index (κ2) is 7.07. The van der Waals surface area contributed by atoms with Crippen LogP contribution in [0.3, 0.4) is 0 Å². The molecule has 2 heteroatoms. The van der Waals surface area contributed by atoms with E-state index in [1.165, 1.54) is 38.8 Å². The minimum Gasteiger partial charge on any atom is -0.317 e. The van der Waals surface area contributed by atoms with Gasteiger partial charge in [0.25, 0.3) is 0 Å². The number of nitrogens with one attached hydrogen (secondary N) is 1. The molecule has 1 aliphatic carbocycles. The quantitative estimate of drug-likeness (QED) is 0.624. The Hall–Kier alpha value is -0.370. The highest BCUT2D eigenvalue weighted by Gasteiger charge is 2.05. The molecule has 1 N–H and O–H groups in total. The Balaban J connectivity index is 0.000000132. The van der Waals surface area contributed by atoms with Crippen molar-refractivity contribution in [1.29, 1.82) is 0 Å². The lowest BCUT2D eigenvalue weighted by atomic mass is 10.00. The highest BCUT2D eigenvalue weighted by molar-refractivity contribution is 5.78. The van der Waals surface area contributed by atoms with E-state index >= 15 is 0 Å². The van der Waals surface area contributed by atoms with Crippen molar-refractivity contribution in [3.05, 3.63) is 0 Å². The fourth-order valence-electron chi connectivity index (χ4n) is 1.75. The summed E-state index contributed by atoms with van der Waals surface area (Å²) in [5.74, 6) is 0.464. The molecule has 0 aromatic heterocycles. The Bertz CT molecular complexity index is 122. The van der Waals surface area contributed by atoms with E-state index in [1.54, 1.807) is 0 Å². The van der Waals surface area contributed by atoms with Gasteiger partial charge in [-0.05, 0) is 38.8 Å². The smallest absolute Gasteiger partial charge is 0.132 e. The SMILES string of the molecule is C1CCNCC1.O=C1CCCCC1. The second-order valence-corrected chi connectivity index (χ2v) is 3.91. The maximum atomic E-state index is 10.5. The molecule has 0 unspecified atom stereocenters. The van der Waals surface area contributed by atoms with E-state index in [1.807, 2.05) is 0 Å². The molecule has 1 saturated heterocycles. The van der Waals surface area contributed by atoms with Crippen LogP contribution in [-0.4, -0.2) is 18.9 Å². The Kier molecular flexibility index (Phi) is 5.83. The second-order valence-electron chi connectivity index (χ2n) is 3.91. The summed E-state index contributed by atoms with van der Waals surface area (Å²) in [6.07, 6.45) is 9.45. The van der Waals surface area contributed by atoms with Gasteiger partial charge in [-0.1, -0.05) is 12.8 Å². The lowest BCUT2D eigenvalue weighted by molar-refractivity contribution is -0.120. The van der Waals surface area contributed by atoms with Gasteiger partial charge in [0.15, 0.2) is 0 Å². The molecule has 0 aromatic rings. The van der Waals surface area contributed by atoms with E-state index in [9.17, 15) is 4.79 Å². The predicted molar refractivity (Wildman–Crippen MR) is 54.8 cm³/mol. The molecule has 2 fully saturated rings. The summed E-state index contributed by atoms with van der Waals surface area (Å²) in [6.45, 7) is 2.50. The van der Waals surface area contributed by atoms with Gasteiger partial charge in [-0.2, -0.15) is 0 Å². The molecular formula is C11H21NO. The van der Waals surface area contributed by atoms with Crippen molar-refractivity contribution >= 4 is 5.78 Å². The van der Waals surface area contributed by atoms with Crippen molar-refractivity contribution in [2.45, 2.75) is 51.4 Å². The number of carbonyl (C=O) groups is 1. The highest BCUT2D eigenvalue weighted by atomic mass is 16.1. The molecule has 2 nitrogen and oxygen atoms in total. The standard InChI is InChI=1S/C6H10O.C5H11N/c7-6-4-2-1-3-5-6;1-2-4-6-5-3-1/h1-5H2;6H,1-5H2. The topological polar surface area (TPSA) is 29.1 Å². The van der Waals surface area contributed by atoms with E-state index in [2.05, 4.69) is 5.32 Å². The van der Waals surface area contributed by atoms with Crippen LogP contribution >= 0.6 is 0 Å². The number of hydrogen-bond acceptors (Lipinski definition) is 2. The molecule has 13 heavy (non-hydrogen) atoms. The molecule has 0 spiro atoms. The average Bonchev–Trinajstić information content (AvgIpc) is 2.22. The molecule has 2 aliphatic rings. The molecule has 1 saturated carbocycles. The molecular weight excluding hydrogens is 162 g/mol. The Morgan fingerprint density at radius 2 is 1.31 bits per heavy atom. The van der Waals surface area contributed by atoms with E-state index in [-0.39, 0.29) is 0 Å². The van der Waals surface area contributed by atoms with E-state index in [0.717, 1.165) is 25.7 Å². The number of carbonyl (C=O) groups excluding carboxylic acids is 1. The molecule has 0 amide bonds. The molecule has 2 rings (SSSR count). The third-order valence-electron chi connectivity index (χ3n) is 2.62. The summed E-state index contributed by atoms with van der Waals surface area (Å²) in [4.78, 5) is 10.5. The molecule has 0 radical (unpaired) electrons. The number of piperidine rings is 1. The van der Waals surface area contributed by atoms with Crippen molar-refractivity contribution in [2.24, 2.45) is 0 Å². The van der Waals surface area contributed by atoms with Gasteiger partial charge in [-0.3, -0.25) is 4.79 Å². The third kappa shape index (κ3) is 5.81. The summed E-state index contributed by atoms with van der Waals surface area (Å²) >= 11 is 0. The zero-order valence-electron chi connectivity index (χ0n) is 8.48. The number of rotatable bonds is 0. The van der Waals surface area contributed by atoms with Crippen LogP contribution < -0.4 is 5.32 Å². The molecule has 76 valence electrons. The normalized spacial score (nSPS) is 23.2. The van der Waals surface area contributed by atoms with Gasteiger partial charge in [0.05, 0.1) is 0 Å². The first-order valence-corrected chi connectivity index (χ1v) is 5.62. The maximum Gasteiger partial charge on any atom is 0.132 e. The lowest BCUT2D eigenvalue weighted by Crippen LogP contribution is -2.21. The van der Waals surface area contributed by atoms with Gasteiger partial charge in [0.1, 0.15) is 5.78 Å². The zero-order valence-corrected chi connectivity index (χ0v) is 8.48. The van der Waals surface area contributed by atoms with Gasteiger partial charge < -0.3 is 5.32 Å². The van der Waals surface area contributed by atoms with Crippen molar-refractivity contribution < 1.29 is 4.79 Å². The summed E-state index contributed by atoms with van der Waals surface area (Å²) in [5, 5.41) is 3.28. The van der Waals surface area contributed by atoms with Crippen LogP contribution in [0.15, 0.2) is 0 Å². The van der Waals surface area contributed by atoms with Gasteiger partial charge in [-0.15, -0.1) is 0 Å². The molecule has 1 heterocycles. The van der Waals surface area contributed by atoms with Crippen LogP contribution in [0.4, 0.5) is 0 Å². The summed E-state index contributed by atoms with van der Waals surface area (Å²) < 4.78 is 0. The van der Waals surface area contributed by atoms with Gasteiger partial charge in [0, 0.05) is 12.8 Å². The first-order valence-electron chi connectivity index (χ1n) is 5.62. The largest absolute Gasteiger partial charge is 0.317 e. The van der Waals surface area contributed by atoms with E-state index in [0.29, 0.717) is 5.78 Å². The molecule has 0 bridgehead atoms. The van der Waals surface area contributed by atoms with Crippen LogP contribution in [0.5, 0.6) is 0 Å². The monoisotopic (exact) mass is 183 g/mol. The van der Waals surface area contributed by atoms with Crippen LogP contribution in [0.25, 0.3) is 0 Å². The zero-order chi connectivity index (χ0) is 9.36. The number of Topliss-reactive ketones (excluding diaryl/α,β-unsaturated/α-hetero) is 1. The summed E-state index contributed by atoms with van der Waals surface area (Å²) in [7, 11) is 0. The molecule has 0 atom stereocenters. The third-order valence-corrected chi connectivity index (χ3v) is 2.62. The van der Waals surface area contributed by atoms with E-state index in [4.69, 9.17) is 0 Å². The first kappa shape index (κ1) is 10.7. The number of ketones is 1. The Labute approximate surface area is 81.1 Å². The predicted octanol–water partition coefficient (Wildman–Crippen LogP) is 2.28. The fourth-order valence-corrected chi connectivity index (χ4v) is 1.75. The Morgan fingerprint density at radius 1 is 0.769 bits per heavy atom. The lowest BCUT2D eigenvalue weighted by Gasteiger charge is -2.08. The Morgan fingerprint density at radius 3 is 1.54 bits per heavy atom. The average molecular weight is 183 g/mol. The number of hydrogen-bond donors (Lipinski definition) is 1. The van der Waals surface area contributed by atoms with Gasteiger partial charge in [-0.25, -0.2) is 0 Å². The van der Waals surface area contributed by atoms with Crippen LogP contribution in [0.2, 0.25) is 0 Å². The first-order chi connectivity index (χ1) is 6.39. The van der Waals surface area contributed by atoms with Crippen molar-refractivity contribution in [3.8, 4) is 0 Å². The summed E-state index contributed by atoms with van der Waals surface area (Å²) in [5.41, 5.74) is 0. The minimum atomic E-state index is 0.464. The van der Waals surface area contributed by atoms with Crippen LogP contribution in [0, 0.1) is 0 Å². The van der Waals surface area contributed by atoms with Gasteiger partial charge >= 0.3 is 0 Å². The molecule has 1 aliphatic heterocycles. The van der Waals surface area contributed by atoms with Gasteiger partial charge in [0.2, 0.25) is 0 Å². The summed E-state index contributed by atoms with van der Waals surface area (Å²) in [6, 6.07) is 0. The molecule has 0 aromatic carbocycles. The van der Waals surface area contributed by atoms with Crippen molar-refractivity contribution in [1.82, 2.24) is 5.32 Å². The maximum absolute atomic E-state index is 10.5. The van der Waals surface area contributed by atoms with Crippen LogP contribution in [0.1, 0.15) is 51.4 Å². The van der Waals surface area contributed by atoms with Crippen LogP contribution in [-0.2, 0) is 4.79 Å². The minimum absolute atomic E-state index is 0.464. The van der Waals surface area contributed by atoms with Crippen molar-refractivity contribution in [3.63, 3.8) is 0 Å². The highest BCUT2D eigenvalue weighted by Crippen LogP contribution is 2.12. The van der Waals surface area contributed by atoms with E-state index < -0.39 is 0 Å². The fraction of sp³-hybridized carbons (Fsp3) is 0.909.